The number of ketones is 1. The van der Waals surface area contributed by atoms with E-state index in [0.717, 1.165) is 55.7 Å². The largest absolute Gasteiger partial charge is 0.466 e. The molecule has 0 spiro atoms. The highest BCUT2D eigenvalue weighted by Gasteiger charge is 2.45. The minimum absolute atomic E-state index is 0.0181. The van der Waals surface area contributed by atoms with Crippen LogP contribution in [0, 0.1) is 12.8 Å². The molecule has 0 bridgehead atoms. The van der Waals surface area contributed by atoms with Gasteiger partial charge < -0.3 is 9.15 Å². The molecule has 0 saturated heterocycles. The summed E-state index contributed by atoms with van der Waals surface area (Å²) in [7, 11) is 0. The summed E-state index contributed by atoms with van der Waals surface area (Å²) in [5, 5.41) is 0. The third-order valence-corrected chi connectivity index (χ3v) is 5.99. The van der Waals surface area contributed by atoms with Crippen LogP contribution < -0.4 is 0 Å². The Bertz CT molecular complexity index is 810. The molecule has 144 valence electrons. The van der Waals surface area contributed by atoms with Crippen molar-refractivity contribution in [3.8, 4) is 0 Å². The number of nitrogens with zero attached hydrogens (tertiary/aromatic N) is 1. The quantitative estimate of drug-likeness (QED) is 0.728. The highest BCUT2D eigenvalue weighted by atomic mass is 16.5. The Morgan fingerprint density at radius 1 is 1.11 bits per heavy atom. The Balaban J connectivity index is 1.70. The molecule has 1 aliphatic heterocycles. The molecule has 0 radical (unpaired) electrons. The monoisotopic (exact) mass is 369 g/mol. The smallest absolute Gasteiger partial charge is 0.316 e. The number of allylic oxidation sites excluding steroid dienone is 2. The average molecular weight is 369 g/mol. The number of carbonyl (C=O) groups excluding carboxylic acids is 2. The Morgan fingerprint density at radius 3 is 2.59 bits per heavy atom. The van der Waals surface area contributed by atoms with Gasteiger partial charge in [-0.25, -0.2) is 0 Å². The fraction of sp³-hybridized carbons (Fsp3) is 0.591. The van der Waals surface area contributed by atoms with Crippen LogP contribution in [0.3, 0.4) is 0 Å². The number of esters is 1. The van der Waals surface area contributed by atoms with Crippen LogP contribution in [0.2, 0.25) is 0 Å². The number of rotatable bonds is 3. The fourth-order valence-corrected chi connectivity index (χ4v) is 4.66. The molecule has 3 aliphatic rings. The van der Waals surface area contributed by atoms with Gasteiger partial charge in [0.05, 0.1) is 5.92 Å². The first-order chi connectivity index (χ1) is 13.0. The van der Waals surface area contributed by atoms with E-state index in [1.54, 1.807) is 0 Å². The van der Waals surface area contributed by atoms with E-state index in [2.05, 4.69) is 4.99 Å². The highest BCUT2D eigenvalue weighted by molar-refractivity contribution is 6.08. The minimum Gasteiger partial charge on any atom is -0.466 e. The molecule has 5 heteroatoms. The fourth-order valence-electron chi connectivity index (χ4n) is 4.66. The number of hydrogen-bond acceptors (Lipinski definition) is 5. The lowest BCUT2D eigenvalue weighted by molar-refractivity contribution is -0.153. The maximum Gasteiger partial charge on any atom is 0.316 e. The second-order valence-corrected chi connectivity index (χ2v) is 7.99. The van der Waals surface area contributed by atoms with Crippen molar-refractivity contribution in [2.75, 3.05) is 0 Å². The number of Topliss-reactive ketones (excluding diaryl/α,β-unsaturated/α-hetero) is 1. The van der Waals surface area contributed by atoms with E-state index in [1.165, 1.54) is 6.42 Å². The molecular formula is C22H27NO4. The van der Waals surface area contributed by atoms with Crippen molar-refractivity contribution in [3.05, 3.63) is 34.9 Å². The molecule has 1 saturated carbocycles. The summed E-state index contributed by atoms with van der Waals surface area (Å²) in [6, 6.07) is 3.76. The third-order valence-electron chi connectivity index (χ3n) is 5.99. The van der Waals surface area contributed by atoms with E-state index < -0.39 is 11.8 Å². The first kappa shape index (κ1) is 18.2. The zero-order chi connectivity index (χ0) is 19.0. The molecule has 2 aliphatic carbocycles. The van der Waals surface area contributed by atoms with Gasteiger partial charge in [-0.2, -0.15) is 0 Å². The van der Waals surface area contributed by atoms with Crippen LogP contribution in [0.25, 0.3) is 0 Å². The van der Waals surface area contributed by atoms with Crippen LogP contribution in [0.1, 0.15) is 75.7 Å². The number of ether oxygens (including phenoxy) is 1. The van der Waals surface area contributed by atoms with E-state index in [9.17, 15) is 9.59 Å². The van der Waals surface area contributed by atoms with Crippen LogP contribution in [0.15, 0.2) is 32.8 Å². The van der Waals surface area contributed by atoms with Crippen molar-refractivity contribution in [2.24, 2.45) is 10.9 Å². The number of aryl methyl sites for hydroxylation is 1. The van der Waals surface area contributed by atoms with Gasteiger partial charge in [-0.1, -0.05) is 6.42 Å². The molecule has 1 aromatic rings. The maximum absolute atomic E-state index is 13.2. The molecular weight excluding hydrogens is 342 g/mol. The SMILES string of the molecule is CC1=NC2=C(C(=O)CCC2)[C@H](c2ccc(C)o2)[C@@H]1C(=O)OC1CCCCC1. The summed E-state index contributed by atoms with van der Waals surface area (Å²) >= 11 is 0. The predicted octanol–water partition coefficient (Wildman–Crippen LogP) is 4.65. The van der Waals surface area contributed by atoms with Gasteiger partial charge in [0.15, 0.2) is 5.78 Å². The zero-order valence-corrected chi connectivity index (χ0v) is 16.1. The summed E-state index contributed by atoms with van der Waals surface area (Å²) in [4.78, 5) is 30.6. The molecule has 0 aromatic carbocycles. The Morgan fingerprint density at radius 2 is 1.89 bits per heavy atom. The van der Waals surface area contributed by atoms with Crippen LogP contribution >= 0.6 is 0 Å². The Labute approximate surface area is 159 Å². The first-order valence-corrected chi connectivity index (χ1v) is 10.1. The van der Waals surface area contributed by atoms with Gasteiger partial charge >= 0.3 is 5.97 Å². The number of carbonyl (C=O) groups is 2. The van der Waals surface area contributed by atoms with Crippen molar-refractivity contribution < 1.29 is 18.7 Å². The lowest BCUT2D eigenvalue weighted by Crippen LogP contribution is -2.38. The van der Waals surface area contributed by atoms with Crippen molar-refractivity contribution >= 4 is 17.5 Å². The maximum atomic E-state index is 13.2. The summed E-state index contributed by atoms with van der Waals surface area (Å²) in [5.74, 6) is 0.243. The molecule has 0 amide bonds. The molecule has 5 nitrogen and oxygen atoms in total. The topological polar surface area (TPSA) is 68.9 Å². The Kier molecular flexibility index (Phi) is 5.02. The lowest BCUT2D eigenvalue weighted by atomic mass is 9.74. The lowest BCUT2D eigenvalue weighted by Gasteiger charge is -2.34. The molecule has 0 unspecified atom stereocenters. The second-order valence-electron chi connectivity index (χ2n) is 7.99. The van der Waals surface area contributed by atoms with E-state index in [0.29, 0.717) is 17.8 Å². The average Bonchev–Trinajstić information content (AvgIpc) is 3.07. The van der Waals surface area contributed by atoms with Gasteiger partial charge in [0, 0.05) is 23.4 Å². The van der Waals surface area contributed by atoms with Gasteiger partial charge in [-0.15, -0.1) is 0 Å². The molecule has 27 heavy (non-hydrogen) atoms. The third kappa shape index (κ3) is 3.52. The number of aliphatic imine (C=N–C) groups is 1. The summed E-state index contributed by atoms with van der Waals surface area (Å²) < 4.78 is 11.8. The molecule has 2 heterocycles. The van der Waals surface area contributed by atoms with E-state index in [-0.39, 0.29) is 17.9 Å². The standard InChI is InChI=1S/C22H27NO4/c1-13-11-12-18(26-13)21-19(22(25)27-15-7-4-3-5-8-15)14(2)23-16-9-6-10-17(24)20(16)21/h11-12,15,19,21H,3-10H2,1-2H3/t19-,21-/m1/s1. The summed E-state index contributed by atoms with van der Waals surface area (Å²) in [5.41, 5.74) is 2.21. The van der Waals surface area contributed by atoms with Crippen LogP contribution in [-0.2, 0) is 14.3 Å². The van der Waals surface area contributed by atoms with Gasteiger partial charge in [0.2, 0.25) is 0 Å². The molecule has 4 rings (SSSR count). The molecule has 1 aromatic heterocycles. The van der Waals surface area contributed by atoms with Gasteiger partial charge in [-0.3, -0.25) is 14.6 Å². The Hall–Kier alpha value is -2.17. The molecule has 1 fully saturated rings. The van der Waals surface area contributed by atoms with Crippen molar-refractivity contribution in [1.29, 1.82) is 0 Å². The second kappa shape index (κ2) is 7.45. The highest BCUT2D eigenvalue weighted by Crippen LogP contribution is 2.44. The zero-order valence-electron chi connectivity index (χ0n) is 16.1. The first-order valence-electron chi connectivity index (χ1n) is 10.1. The molecule has 0 N–H and O–H groups in total. The van der Waals surface area contributed by atoms with Crippen LogP contribution in [0.4, 0.5) is 0 Å². The van der Waals surface area contributed by atoms with Gasteiger partial charge in [0.1, 0.15) is 23.5 Å². The van der Waals surface area contributed by atoms with Crippen molar-refractivity contribution in [3.63, 3.8) is 0 Å². The van der Waals surface area contributed by atoms with E-state index in [1.807, 2.05) is 26.0 Å². The van der Waals surface area contributed by atoms with E-state index in [4.69, 9.17) is 9.15 Å². The van der Waals surface area contributed by atoms with Crippen LogP contribution in [-0.4, -0.2) is 23.6 Å². The normalized spacial score (nSPS) is 26.6. The predicted molar refractivity (Wildman–Crippen MR) is 102 cm³/mol. The van der Waals surface area contributed by atoms with Crippen molar-refractivity contribution in [1.82, 2.24) is 0 Å². The summed E-state index contributed by atoms with van der Waals surface area (Å²) in [6.07, 6.45) is 7.34. The summed E-state index contributed by atoms with van der Waals surface area (Å²) in [6.45, 7) is 3.75. The van der Waals surface area contributed by atoms with E-state index >= 15 is 0 Å². The number of furan rings is 1. The van der Waals surface area contributed by atoms with Crippen LogP contribution in [0.5, 0.6) is 0 Å². The van der Waals surface area contributed by atoms with Crippen molar-refractivity contribution in [2.45, 2.75) is 77.2 Å². The molecule has 2 atom stereocenters. The minimum atomic E-state index is -0.585. The number of hydrogen-bond donors (Lipinski definition) is 0. The van der Waals surface area contributed by atoms with Gasteiger partial charge in [-0.05, 0) is 64.5 Å². The van der Waals surface area contributed by atoms with Gasteiger partial charge in [0.25, 0.3) is 0 Å².